The van der Waals surface area contributed by atoms with Crippen LogP contribution >= 0.6 is 0 Å². The van der Waals surface area contributed by atoms with Crippen molar-refractivity contribution in [2.45, 2.75) is 6.42 Å². The maximum Gasteiger partial charge on any atom is 0.0861 e. The van der Waals surface area contributed by atoms with Crippen molar-refractivity contribution < 1.29 is 0 Å². The second kappa shape index (κ2) is 5.31. The van der Waals surface area contributed by atoms with E-state index in [4.69, 9.17) is 5.73 Å². The third-order valence-electron chi connectivity index (χ3n) is 0.844. The maximum atomic E-state index is 5.26. The van der Waals surface area contributed by atoms with Crippen LogP contribution in [0, 0.1) is 0 Å². The van der Waals surface area contributed by atoms with Crippen molar-refractivity contribution in [2.24, 2.45) is 10.7 Å². The highest BCUT2D eigenvalue weighted by Crippen LogP contribution is 1.85. The molecule has 0 spiro atoms. The summed E-state index contributed by atoms with van der Waals surface area (Å²) >= 11 is 0. The monoisotopic (exact) mass is 127 g/mol. The molecule has 0 aromatic rings. The van der Waals surface area contributed by atoms with E-state index in [9.17, 15) is 0 Å². The lowest BCUT2D eigenvalue weighted by Gasteiger charge is -1.99. The number of hydrogen-bond acceptors (Lipinski definition) is 2. The molecule has 0 amide bonds. The number of nitrogens with zero attached hydrogens (tertiary/aromatic N) is 1. The Hall–Kier alpha value is -0.830. The molecule has 0 aliphatic heterocycles. The van der Waals surface area contributed by atoms with E-state index in [0.29, 0.717) is 6.54 Å². The van der Waals surface area contributed by atoms with Gasteiger partial charge in [0.1, 0.15) is 0 Å². The molecule has 0 saturated heterocycles. The zero-order chi connectivity index (χ0) is 7.11. The van der Waals surface area contributed by atoms with Crippen LogP contribution in [0.3, 0.4) is 0 Å². The predicted molar refractivity (Wildman–Crippen MR) is 40.4 cm³/mol. The standard InChI is InChI=1S/C6H13N3/c1-6(3-4-7)9-5-8-2/h5H,1,3-4,7H2,2H3,(H,8,9). The largest absolute Gasteiger partial charge is 0.351 e. The van der Waals surface area contributed by atoms with E-state index < -0.39 is 0 Å². The minimum absolute atomic E-state index is 0.628. The van der Waals surface area contributed by atoms with E-state index in [-0.39, 0.29) is 0 Å². The smallest absolute Gasteiger partial charge is 0.0861 e. The van der Waals surface area contributed by atoms with Crippen molar-refractivity contribution in [3.63, 3.8) is 0 Å². The minimum atomic E-state index is 0.628. The summed E-state index contributed by atoms with van der Waals surface area (Å²) in [7, 11) is 1.70. The van der Waals surface area contributed by atoms with Crippen molar-refractivity contribution in [2.75, 3.05) is 13.6 Å². The Morgan fingerprint density at radius 2 is 2.56 bits per heavy atom. The Kier molecular flexibility index (Phi) is 4.82. The van der Waals surface area contributed by atoms with Gasteiger partial charge in [0.05, 0.1) is 6.34 Å². The van der Waals surface area contributed by atoms with Crippen molar-refractivity contribution in [3.05, 3.63) is 12.3 Å². The van der Waals surface area contributed by atoms with Gasteiger partial charge in [-0.25, -0.2) is 0 Å². The molecule has 0 unspecified atom stereocenters. The van der Waals surface area contributed by atoms with Gasteiger partial charge in [0.25, 0.3) is 0 Å². The maximum absolute atomic E-state index is 5.26. The summed E-state index contributed by atoms with van der Waals surface area (Å²) in [6.45, 7) is 4.33. The van der Waals surface area contributed by atoms with E-state index in [0.717, 1.165) is 12.1 Å². The molecule has 3 N–H and O–H groups in total. The number of aliphatic imine (C=N–C) groups is 1. The first kappa shape index (κ1) is 8.17. The van der Waals surface area contributed by atoms with Crippen LogP contribution in [0.4, 0.5) is 0 Å². The third kappa shape index (κ3) is 5.03. The molecule has 52 valence electrons. The normalized spacial score (nSPS) is 10.0. The fourth-order valence-corrected chi connectivity index (χ4v) is 0.402. The van der Waals surface area contributed by atoms with E-state index in [2.05, 4.69) is 16.9 Å². The van der Waals surface area contributed by atoms with Gasteiger partial charge in [-0.1, -0.05) is 6.58 Å². The van der Waals surface area contributed by atoms with Gasteiger partial charge in [-0.15, -0.1) is 0 Å². The van der Waals surface area contributed by atoms with Gasteiger partial charge in [-0.05, 0) is 13.0 Å². The first-order valence-electron chi connectivity index (χ1n) is 2.86. The highest BCUT2D eigenvalue weighted by atomic mass is 14.9. The van der Waals surface area contributed by atoms with E-state index in [1.807, 2.05) is 0 Å². The lowest BCUT2D eigenvalue weighted by atomic mass is 10.3. The second-order valence-corrected chi connectivity index (χ2v) is 1.67. The summed E-state index contributed by atoms with van der Waals surface area (Å²) in [5, 5.41) is 2.87. The molecule has 0 fully saturated rings. The Morgan fingerprint density at radius 1 is 1.89 bits per heavy atom. The zero-order valence-corrected chi connectivity index (χ0v) is 5.72. The van der Waals surface area contributed by atoms with Gasteiger partial charge in [0.2, 0.25) is 0 Å². The van der Waals surface area contributed by atoms with Crippen molar-refractivity contribution in [1.29, 1.82) is 0 Å². The third-order valence-corrected chi connectivity index (χ3v) is 0.844. The molecule has 0 aliphatic carbocycles. The van der Waals surface area contributed by atoms with Gasteiger partial charge >= 0.3 is 0 Å². The molecule has 0 saturated carbocycles. The fraction of sp³-hybridized carbons (Fsp3) is 0.500. The van der Waals surface area contributed by atoms with Crippen LogP contribution in [0.2, 0.25) is 0 Å². The summed E-state index contributed by atoms with van der Waals surface area (Å²) in [5.41, 5.74) is 6.16. The van der Waals surface area contributed by atoms with Gasteiger partial charge in [-0.2, -0.15) is 0 Å². The summed E-state index contributed by atoms with van der Waals surface area (Å²) < 4.78 is 0. The van der Waals surface area contributed by atoms with Gasteiger partial charge in [0, 0.05) is 12.7 Å². The van der Waals surface area contributed by atoms with Crippen LogP contribution in [0.1, 0.15) is 6.42 Å². The average Bonchev–Trinajstić information content (AvgIpc) is 1.85. The first-order chi connectivity index (χ1) is 4.31. The minimum Gasteiger partial charge on any atom is -0.351 e. The number of hydrogen-bond donors (Lipinski definition) is 2. The van der Waals surface area contributed by atoms with Crippen molar-refractivity contribution in [1.82, 2.24) is 5.32 Å². The van der Waals surface area contributed by atoms with E-state index >= 15 is 0 Å². The van der Waals surface area contributed by atoms with Crippen LogP contribution in [-0.2, 0) is 0 Å². The summed E-state index contributed by atoms with van der Waals surface area (Å²) in [6, 6.07) is 0. The summed E-state index contributed by atoms with van der Waals surface area (Å²) in [4.78, 5) is 3.72. The van der Waals surface area contributed by atoms with Crippen LogP contribution in [-0.4, -0.2) is 19.9 Å². The molecule has 0 aromatic heterocycles. The van der Waals surface area contributed by atoms with Crippen LogP contribution < -0.4 is 11.1 Å². The highest BCUT2D eigenvalue weighted by Gasteiger charge is 1.84. The quantitative estimate of drug-likeness (QED) is 0.415. The number of rotatable bonds is 4. The summed E-state index contributed by atoms with van der Waals surface area (Å²) in [6.07, 6.45) is 2.39. The lowest BCUT2D eigenvalue weighted by molar-refractivity contribution is 0.902. The van der Waals surface area contributed by atoms with Crippen molar-refractivity contribution in [3.8, 4) is 0 Å². The van der Waals surface area contributed by atoms with E-state index in [1.165, 1.54) is 0 Å². The molecule has 0 aliphatic rings. The molecule has 3 heteroatoms. The molecule has 0 atom stereocenters. The van der Waals surface area contributed by atoms with Crippen LogP contribution in [0.15, 0.2) is 17.3 Å². The highest BCUT2D eigenvalue weighted by molar-refractivity contribution is 5.56. The Balaban J connectivity index is 3.27. The average molecular weight is 127 g/mol. The molecule has 0 bridgehead atoms. The van der Waals surface area contributed by atoms with Gasteiger partial charge in [0.15, 0.2) is 0 Å². The molecular formula is C6H13N3. The lowest BCUT2D eigenvalue weighted by Crippen LogP contribution is -2.12. The number of nitrogens with two attached hydrogens (primary N) is 1. The molecule has 0 heterocycles. The van der Waals surface area contributed by atoms with Crippen LogP contribution in [0.25, 0.3) is 0 Å². The molecular weight excluding hydrogens is 114 g/mol. The zero-order valence-electron chi connectivity index (χ0n) is 5.72. The topological polar surface area (TPSA) is 50.4 Å². The Labute approximate surface area is 55.7 Å². The Bertz CT molecular complexity index is 107. The molecule has 0 rings (SSSR count). The Morgan fingerprint density at radius 3 is 3.00 bits per heavy atom. The number of nitrogens with one attached hydrogen (secondary N) is 1. The molecule has 0 aromatic carbocycles. The SMILES string of the molecule is C=C(CCN)NC=NC. The first-order valence-corrected chi connectivity index (χ1v) is 2.86. The summed E-state index contributed by atoms with van der Waals surface area (Å²) in [5.74, 6) is 0. The van der Waals surface area contributed by atoms with E-state index in [1.54, 1.807) is 13.4 Å². The molecule has 0 radical (unpaired) electrons. The molecule has 9 heavy (non-hydrogen) atoms. The fourth-order valence-electron chi connectivity index (χ4n) is 0.402. The predicted octanol–water partition coefficient (Wildman–Crippen LogP) is 0.0966. The second-order valence-electron chi connectivity index (χ2n) is 1.67. The van der Waals surface area contributed by atoms with Gasteiger partial charge in [-0.3, -0.25) is 4.99 Å². The van der Waals surface area contributed by atoms with Crippen molar-refractivity contribution >= 4 is 6.34 Å². The van der Waals surface area contributed by atoms with Gasteiger partial charge < -0.3 is 11.1 Å². The molecule has 3 nitrogen and oxygen atoms in total. The van der Waals surface area contributed by atoms with Crippen LogP contribution in [0.5, 0.6) is 0 Å².